The molecule has 10 aromatic rings. The minimum atomic E-state index is -0.231. The molecule has 0 saturated carbocycles. The van der Waals surface area contributed by atoms with Gasteiger partial charge in [-0.2, -0.15) is 0 Å². The van der Waals surface area contributed by atoms with Gasteiger partial charge in [-0.1, -0.05) is 0 Å². The maximum atomic E-state index is 12.4. The Kier molecular flexibility index (Phi) is 6.50. The van der Waals surface area contributed by atoms with Crippen molar-refractivity contribution in [3.8, 4) is 33.4 Å². The Hall–Kier alpha value is -6.06. The van der Waals surface area contributed by atoms with Gasteiger partial charge in [-0.15, -0.1) is 0 Å². The molecule has 50 heavy (non-hydrogen) atoms. The Bertz CT molecular complexity index is 2900. The number of rotatable bonds is 4. The average Bonchev–Trinajstić information content (AvgIpc) is 3.54. The number of fused-ring (bicyclic) bond motifs is 7. The van der Waals surface area contributed by atoms with Crippen molar-refractivity contribution < 1.29 is 4.92 Å². The topological polar surface area (TPSA) is 43.1 Å². The van der Waals surface area contributed by atoms with E-state index < -0.39 is 0 Å². The molecule has 1 aromatic heterocycles. The summed E-state index contributed by atoms with van der Waals surface area (Å²) in [7, 11) is 0. The summed E-state index contributed by atoms with van der Waals surface area (Å²) in [5.41, 5.74) is 7.37. The number of non-ortho nitro benzene ring substituents is 1. The van der Waals surface area contributed by atoms with Crippen molar-refractivity contribution in [2.75, 3.05) is 0 Å². The Morgan fingerprint density at radius 3 is 1.40 bits per heavy atom. The normalized spacial score (nSPS) is 11.8. The fraction of sp³-hybridized carbons (Fsp3) is 0. The summed E-state index contributed by atoms with van der Waals surface area (Å²) in [6, 6.07) is 57.5. The van der Waals surface area contributed by atoms with Crippen molar-refractivity contribution >= 4 is 82.6 Å². The van der Waals surface area contributed by atoms with E-state index in [1.165, 1.54) is 63.1 Å². The van der Waals surface area contributed by atoms with E-state index >= 15 is 0 Å². The first-order valence-corrected chi connectivity index (χ1v) is 18.4. The molecule has 0 amide bonds. The summed E-state index contributed by atoms with van der Waals surface area (Å²) in [5.74, 6) is 0. The van der Waals surface area contributed by atoms with E-state index in [0.717, 1.165) is 21.9 Å². The molecule has 0 fully saturated rings. The van der Waals surface area contributed by atoms with Gasteiger partial charge in [0, 0.05) is 0 Å². The summed E-state index contributed by atoms with van der Waals surface area (Å²) in [6.45, 7) is 0. The van der Waals surface area contributed by atoms with Crippen LogP contribution in [0.15, 0.2) is 164 Å². The molecule has 0 spiro atoms. The van der Waals surface area contributed by atoms with Gasteiger partial charge in [0.1, 0.15) is 0 Å². The van der Waals surface area contributed by atoms with E-state index in [1.807, 2.05) is 48.5 Å². The van der Waals surface area contributed by atoms with Crippen LogP contribution in [-0.2, 0) is 0 Å². The predicted octanol–water partition coefficient (Wildman–Crippen LogP) is 12.6. The average molecular weight is 705 g/mol. The maximum absolute atomic E-state index is 12.4. The summed E-state index contributed by atoms with van der Waals surface area (Å²) in [4.78, 5) is 12.2. The van der Waals surface area contributed by atoms with Crippen LogP contribution < -0.4 is 0 Å². The molecule has 3 nitrogen and oxygen atoms in total. The second-order valence-electron chi connectivity index (χ2n) is 12.8. The van der Waals surface area contributed by atoms with Crippen molar-refractivity contribution in [2.24, 2.45) is 0 Å². The van der Waals surface area contributed by atoms with Gasteiger partial charge < -0.3 is 0 Å². The number of nitro benzene ring substituents is 1. The van der Waals surface area contributed by atoms with Crippen LogP contribution in [0.2, 0.25) is 0 Å². The number of hydrogen-bond donors (Lipinski definition) is 0. The van der Waals surface area contributed by atoms with Gasteiger partial charge in [0.15, 0.2) is 0 Å². The van der Waals surface area contributed by atoms with E-state index in [2.05, 4.69) is 115 Å². The standard InChI is InChI=1S/C46H27NO2Se/c48-47(49)45-37-21-10-8-19-35(37)44(36-20-9-11-22-38(36)45)40-24-12-23-39-30-26-25-29(27-41(30)50-46(39)40)43-33-17-6-4-15-31(33)42(28-13-2-1-3-14-28)32-16-5-7-18-34(32)43/h1-27H. The fourth-order valence-corrected chi connectivity index (χ4v) is 10.7. The minimum absolute atomic E-state index is 0.0246. The van der Waals surface area contributed by atoms with Crippen LogP contribution in [0.1, 0.15) is 0 Å². The van der Waals surface area contributed by atoms with Gasteiger partial charge in [0.05, 0.1) is 0 Å². The third kappa shape index (κ3) is 4.23. The molecule has 0 aliphatic rings. The summed E-state index contributed by atoms with van der Waals surface area (Å²) in [6.07, 6.45) is 0. The van der Waals surface area contributed by atoms with E-state index in [9.17, 15) is 10.1 Å². The SMILES string of the molecule is O=[N+]([O-])c1c2ccccc2c(-c2cccc3c2[se]c2cc(-c4c5ccccc5c(-c5ccccc5)c5ccccc45)ccc23)c2ccccc12. The fourth-order valence-electron chi connectivity index (χ4n) is 8.10. The van der Waals surface area contributed by atoms with Gasteiger partial charge in [0.25, 0.3) is 0 Å². The molecule has 0 aliphatic heterocycles. The van der Waals surface area contributed by atoms with Gasteiger partial charge in [-0.05, 0) is 0 Å². The van der Waals surface area contributed by atoms with Crippen LogP contribution in [-0.4, -0.2) is 19.4 Å². The zero-order valence-corrected chi connectivity index (χ0v) is 28.5. The quantitative estimate of drug-likeness (QED) is 0.0792. The molecular formula is C46H27NO2Se. The molecule has 0 unspecified atom stereocenters. The Balaban J connectivity index is 1.25. The van der Waals surface area contributed by atoms with E-state index in [-0.39, 0.29) is 25.1 Å². The molecule has 0 saturated heterocycles. The monoisotopic (exact) mass is 705 g/mol. The number of nitrogens with zero attached hydrogens (tertiary/aromatic N) is 1. The molecule has 0 radical (unpaired) electrons. The van der Waals surface area contributed by atoms with Crippen LogP contribution in [0, 0.1) is 10.1 Å². The van der Waals surface area contributed by atoms with E-state index in [1.54, 1.807) is 0 Å². The zero-order chi connectivity index (χ0) is 33.3. The molecule has 234 valence electrons. The molecule has 9 aromatic carbocycles. The van der Waals surface area contributed by atoms with Crippen LogP contribution >= 0.6 is 0 Å². The van der Waals surface area contributed by atoms with Crippen LogP contribution in [0.5, 0.6) is 0 Å². The zero-order valence-electron chi connectivity index (χ0n) is 26.8. The van der Waals surface area contributed by atoms with E-state index in [0.29, 0.717) is 10.8 Å². The van der Waals surface area contributed by atoms with E-state index in [4.69, 9.17) is 0 Å². The molecule has 1 heterocycles. The first kappa shape index (κ1) is 28.9. The summed E-state index contributed by atoms with van der Waals surface area (Å²) >= 11 is 0.0246. The molecule has 0 bridgehead atoms. The molecule has 0 atom stereocenters. The first-order chi connectivity index (χ1) is 24.7. The van der Waals surface area contributed by atoms with Crippen molar-refractivity contribution in [3.05, 3.63) is 174 Å². The Labute approximate surface area is 293 Å². The van der Waals surface area contributed by atoms with Gasteiger partial charge in [0.2, 0.25) is 0 Å². The Morgan fingerprint density at radius 1 is 0.400 bits per heavy atom. The number of nitro groups is 1. The third-order valence-corrected chi connectivity index (χ3v) is 12.7. The third-order valence-electron chi connectivity index (χ3n) is 10.1. The molecule has 0 aliphatic carbocycles. The van der Waals surface area contributed by atoms with Crippen molar-refractivity contribution in [3.63, 3.8) is 0 Å². The predicted molar refractivity (Wildman–Crippen MR) is 211 cm³/mol. The van der Waals surface area contributed by atoms with Crippen LogP contribution in [0.25, 0.3) is 95.8 Å². The van der Waals surface area contributed by atoms with Gasteiger partial charge in [-0.3, -0.25) is 0 Å². The van der Waals surface area contributed by atoms with Crippen molar-refractivity contribution in [1.82, 2.24) is 0 Å². The van der Waals surface area contributed by atoms with Crippen molar-refractivity contribution in [2.45, 2.75) is 0 Å². The molecular weight excluding hydrogens is 677 g/mol. The summed E-state index contributed by atoms with van der Waals surface area (Å²) < 4.78 is 2.68. The molecule has 4 heteroatoms. The Morgan fingerprint density at radius 2 is 0.860 bits per heavy atom. The van der Waals surface area contributed by atoms with Crippen LogP contribution in [0.3, 0.4) is 0 Å². The second-order valence-corrected chi connectivity index (χ2v) is 15.0. The number of benzene rings is 9. The second kappa shape index (κ2) is 11.2. The molecule has 10 rings (SSSR count). The van der Waals surface area contributed by atoms with Crippen molar-refractivity contribution in [1.29, 1.82) is 0 Å². The summed E-state index contributed by atoms with van der Waals surface area (Å²) in [5, 5.41) is 23.1. The molecule has 0 N–H and O–H groups in total. The van der Waals surface area contributed by atoms with Gasteiger partial charge >= 0.3 is 295 Å². The first-order valence-electron chi connectivity index (χ1n) is 16.7. The van der Waals surface area contributed by atoms with Crippen LogP contribution in [0.4, 0.5) is 5.69 Å². The van der Waals surface area contributed by atoms with Gasteiger partial charge in [-0.25, -0.2) is 0 Å². The number of hydrogen-bond acceptors (Lipinski definition) is 2.